The van der Waals surface area contributed by atoms with Gasteiger partial charge >= 0.3 is 0 Å². The molecule has 1 aliphatic rings. The molecule has 0 radical (unpaired) electrons. The number of carbonyl (C=O) groups excluding carboxylic acids is 1. The van der Waals surface area contributed by atoms with Crippen molar-refractivity contribution in [3.63, 3.8) is 0 Å². The minimum Gasteiger partial charge on any atom is -0.451 e. The maximum atomic E-state index is 12.9. The molecule has 32 heavy (non-hydrogen) atoms. The van der Waals surface area contributed by atoms with Crippen molar-refractivity contribution in [3.05, 3.63) is 75.9 Å². The van der Waals surface area contributed by atoms with Gasteiger partial charge in [0.25, 0.3) is 5.91 Å². The number of para-hydroxylation sites is 1. The van der Waals surface area contributed by atoms with E-state index in [-0.39, 0.29) is 17.1 Å². The van der Waals surface area contributed by atoms with Crippen LogP contribution in [0.5, 0.6) is 0 Å². The first kappa shape index (κ1) is 19.9. The van der Waals surface area contributed by atoms with Gasteiger partial charge in [-0.1, -0.05) is 12.1 Å². The molecule has 0 spiro atoms. The molecule has 1 amide bonds. The summed E-state index contributed by atoms with van der Waals surface area (Å²) in [5.41, 5.74) is 2.13. The number of aromatic nitrogens is 4. The Labute approximate surface area is 183 Å². The molecule has 1 fully saturated rings. The van der Waals surface area contributed by atoms with Gasteiger partial charge in [-0.3, -0.25) is 9.59 Å². The molecule has 1 aliphatic heterocycles. The second-order valence-electron chi connectivity index (χ2n) is 7.84. The molecule has 0 atom stereocenters. The summed E-state index contributed by atoms with van der Waals surface area (Å²) in [5.74, 6) is 1.20. The van der Waals surface area contributed by atoms with Gasteiger partial charge in [-0.25, -0.2) is 4.68 Å². The van der Waals surface area contributed by atoms with Crippen LogP contribution in [0.15, 0.2) is 57.7 Å². The largest absolute Gasteiger partial charge is 0.451 e. The zero-order valence-corrected chi connectivity index (χ0v) is 17.9. The van der Waals surface area contributed by atoms with Crippen molar-refractivity contribution in [1.29, 1.82) is 0 Å². The van der Waals surface area contributed by atoms with Gasteiger partial charge in [-0.05, 0) is 44.2 Å². The molecule has 5 rings (SSSR count). The molecule has 9 nitrogen and oxygen atoms in total. The topological polar surface area (TPSA) is 97.4 Å². The van der Waals surface area contributed by atoms with Gasteiger partial charge in [0, 0.05) is 37.9 Å². The lowest BCUT2D eigenvalue weighted by Gasteiger charge is -2.34. The van der Waals surface area contributed by atoms with Crippen molar-refractivity contribution >= 4 is 22.7 Å². The quantitative estimate of drug-likeness (QED) is 0.492. The summed E-state index contributed by atoms with van der Waals surface area (Å²) in [5, 5.41) is 13.6. The van der Waals surface area contributed by atoms with E-state index in [1.807, 2.05) is 32.0 Å². The molecular weight excluding hydrogens is 408 g/mol. The first-order valence-corrected chi connectivity index (χ1v) is 10.4. The summed E-state index contributed by atoms with van der Waals surface area (Å²) in [6.07, 6.45) is 0. The molecule has 162 valence electrons. The number of benzene rings is 1. The van der Waals surface area contributed by atoms with E-state index in [1.54, 1.807) is 33.8 Å². The standard InChI is InChI=1S/C23H22N6O3/c1-15-13-16(2)29(26-15)22-8-7-21(24-25-22)27-9-11-28(12-10-27)23(31)20-14-18(30)17-5-3-4-6-19(17)32-20/h3-8,13-14H,9-12H2,1-2H3. The highest BCUT2D eigenvalue weighted by Gasteiger charge is 2.25. The van der Waals surface area contributed by atoms with Gasteiger partial charge in [0.15, 0.2) is 22.8 Å². The summed E-state index contributed by atoms with van der Waals surface area (Å²) in [6, 6.07) is 14.0. The fraction of sp³-hybridized carbons (Fsp3) is 0.261. The highest BCUT2D eigenvalue weighted by atomic mass is 16.3. The van der Waals surface area contributed by atoms with Gasteiger partial charge in [0.1, 0.15) is 5.58 Å². The summed E-state index contributed by atoms with van der Waals surface area (Å²) in [6.45, 7) is 6.13. The molecule has 3 aromatic heterocycles. The smallest absolute Gasteiger partial charge is 0.289 e. The Kier molecular flexibility index (Phi) is 4.93. The second-order valence-corrected chi connectivity index (χ2v) is 7.84. The van der Waals surface area contributed by atoms with Gasteiger partial charge in [-0.15, -0.1) is 10.2 Å². The monoisotopic (exact) mass is 430 g/mol. The molecule has 0 unspecified atom stereocenters. The summed E-state index contributed by atoms with van der Waals surface area (Å²) in [7, 11) is 0. The fourth-order valence-electron chi connectivity index (χ4n) is 3.96. The molecule has 4 aromatic rings. The SMILES string of the molecule is Cc1cc(C)n(-c2ccc(N3CCN(C(=O)c4cc(=O)c5ccccc5o4)CC3)nn2)n1. The van der Waals surface area contributed by atoms with Crippen LogP contribution in [0.25, 0.3) is 16.8 Å². The lowest BCUT2D eigenvalue weighted by atomic mass is 10.2. The maximum Gasteiger partial charge on any atom is 0.289 e. The minimum absolute atomic E-state index is 0.0659. The van der Waals surface area contributed by atoms with Crippen LogP contribution >= 0.6 is 0 Å². The molecule has 9 heteroatoms. The molecule has 4 heterocycles. The van der Waals surface area contributed by atoms with E-state index < -0.39 is 0 Å². The van der Waals surface area contributed by atoms with E-state index >= 15 is 0 Å². The number of hydrogen-bond donors (Lipinski definition) is 0. The molecule has 0 saturated carbocycles. The number of rotatable bonds is 3. The van der Waals surface area contributed by atoms with Crippen LogP contribution in [-0.2, 0) is 0 Å². The Hall–Kier alpha value is -4.01. The lowest BCUT2D eigenvalue weighted by Crippen LogP contribution is -2.49. The number of amides is 1. The van der Waals surface area contributed by atoms with Crippen molar-refractivity contribution in [2.75, 3.05) is 31.1 Å². The van der Waals surface area contributed by atoms with Gasteiger partial charge in [0.2, 0.25) is 0 Å². The summed E-state index contributed by atoms with van der Waals surface area (Å²) < 4.78 is 7.46. The zero-order valence-electron chi connectivity index (χ0n) is 17.9. The van der Waals surface area contributed by atoms with Gasteiger partial charge in [-0.2, -0.15) is 5.10 Å². The first-order valence-electron chi connectivity index (χ1n) is 10.4. The third kappa shape index (κ3) is 3.62. The molecule has 0 bridgehead atoms. The van der Waals surface area contributed by atoms with E-state index in [1.165, 1.54) is 6.07 Å². The van der Waals surface area contributed by atoms with E-state index in [2.05, 4.69) is 20.2 Å². The second kappa shape index (κ2) is 7.92. The van der Waals surface area contributed by atoms with E-state index in [4.69, 9.17) is 4.42 Å². The van der Waals surface area contributed by atoms with Crippen molar-refractivity contribution in [2.45, 2.75) is 13.8 Å². The molecule has 1 aromatic carbocycles. The minimum atomic E-state index is -0.279. The van der Waals surface area contributed by atoms with Crippen LogP contribution < -0.4 is 10.3 Å². The van der Waals surface area contributed by atoms with Crippen molar-refractivity contribution < 1.29 is 9.21 Å². The Bertz CT molecular complexity index is 1350. The third-order valence-corrected chi connectivity index (χ3v) is 5.60. The number of nitrogens with zero attached hydrogens (tertiary/aromatic N) is 6. The number of carbonyl (C=O) groups is 1. The molecule has 1 saturated heterocycles. The highest BCUT2D eigenvalue weighted by molar-refractivity contribution is 5.93. The zero-order chi connectivity index (χ0) is 22.2. The van der Waals surface area contributed by atoms with Crippen molar-refractivity contribution in [3.8, 4) is 5.82 Å². The van der Waals surface area contributed by atoms with E-state index in [9.17, 15) is 9.59 Å². The predicted molar refractivity (Wildman–Crippen MR) is 119 cm³/mol. The normalized spacial score (nSPS) is 14.2. The molecule has 0 aliphatic carbocycles. The lowest BCUT2D eigenvalue weighted by molar-refractivity contribution is 0.0715. The first-order chi connectivity index (χ1) is 15.5. The number of fused-ring (bicyclic) bond motifs is 1. The number of piperazine rings is 1. The van der Waals surface area contributed by atoms with Gasteiger partial charge in [0.05, 0.1) is 11.1 Å². The van der Waals surface area contributed by atoms with E-state index in [0.717, 1.165) is 17.2 Å². The predicted octanol–water partition coefficient (Wildman–Crippen LogP) is 2.35. The van der Waals surface area contributed by atoms with Crippen LogP contribution in [0.3, 0.4) is 0 Å². The number of aryl methyl sites for hydroxylation is 2. The average molecular weight is 430 g/mol. The fourth-order valence-corrected chi connectivity index (χ4v) is 3.96. The van der Waals surface area contributed by atoms with Crippen LogP contribution in [0, 0.1) is 13.8 Å². The average Bonchev–Trinajstić information content (AvgIpc) is 3.16. The van der Waals surface area contributed by atoms with Gasteiger partial charge < -0.3 is 14.2 Å². The summed E-state index contributed by atoms with van der Waals surface area (Å²) in [4.78, 5) is 29.0. The van der Waals surface area contributed by atoms with Crippen molar-refractivity contribution in [2.24, 2.45) is 0 Å². The number of hydrogen-bond acceptors (Lipinski definition) is 7. The molecular formula is C23H22N6O3. The van der Waals surface area contributed by atoms with Crippen LogP contribution in [0.2, 0.25) is 0 Å². The Morgan fingerprint density at radius 1 is 0.938 bits per heavy atom. The van der Waals surface area contributed by atoms with Crippen LogP contribution in [-0.4, -0.2) is 57.0 Å². The highest BCUT2D eigenvalue weighted by Crippen LogP contribution is 2.18. The Morgan fingerprint density at radius 2 is 1.66 bits per heavy atom. The van der Waals surface area contributed by atoms with Crippen LogP contribution in [0.1, 0.15) is 21.9 Å². The molecule has 0 N–H and O–H groups in total. The Balaban J connectivity index is 1.27. The maximum absolute atomic E-state index is 12.9. The summed E-state index contributed by atoms with van der Waals surface area (Å²) >= 11 is 0. The van der Waals surface area contributed by atoms with E-state index in [0.29, 0.717) is 43.0 Å². The number of anilines is 1. The van der Waals surface area contributed by atoms with Crippen LogP contribution in [0.4, 0.5) is 5.82 Å². The third-order valence-electron chi connectivity index (χ3n) is 5.60. The van der Waals surface area contributed by atoms with Crippen molar-refractivity contribution in [1.82, 2.24) is 24.9 Å². The Morgan fingerprint density at radius 3 is 2.34 bits per heavy atom.